The lowest BCUT2D eigenvalue weighted by Crippen LogP contribution is -2.59. The molecule has 1 unspecified atom stereocenters. The van der Waals surface area contributed by atoms with E-state index in [0.717, 1.165) is 5.56 Å². The van der Waals surface area contributed by atoms with E-state index in [4.69, 9.17) is 14.2 Å². The third-order valence-corrected chi connectivity index (χ3v) is 10.5. The van der Waals surface area contributed by atoms with Gasteiger partial charge >= 0.3 is 11.9 Å². The fourth-order valence-electron chi connectivity index (χ4n) is 6.43. The molecule has 3 aromatic rings. The molecule has 14 heteroatoms. The highest BCUT2D eigenvalue weighted by atomic mass is 16.6. The molecule has 0 aliphatic carbocycles. The zero-order valence-electron chi connectivity index (χ0n) is 35.3. The number of phenolic OH excluding ortho intramolecular Hbond substituents is 2. The molecule has 0 heterocycles. The number of phenols is 2. The molecule has 14 nitrogen and oxygen atoms in total. The molecule has 58 heavy (non-hydrogen) atoms. The van der Waals surface area contributed by atoms with Crippen LogP contribution in [0.3, 0.4) is 0 Å². The number of aromatic hydroxyl groups is 2. The summed E-state index contributed by atoms with van der Waals surface area (Å²) in [4.78, 5) is 74.2. The molecule has 0 radical (unpaired) electrons. The minimum absolute atomic E-state index is 0.00475. The third kappa shape index (κ3) is 12.7. The second kappa shape index (κ2) is 21.8. The molecule has 0 saturated heterocycles. The lowest BCUT2D eigenvalue weighted by atomic mass is 9.96. The van der Waals surface area contributed by atoms with Crippen molar-refractivity contribution >= 4 is 29.7 Å². The van der Waals surface area contributed by atoms with E-state index in [9.17, 15) is 34.2 Å². The van der Waals surface area contributed by atoms with Gasteiger partial charge in [-0.2, -0.15) is 0 Å². The largest absolute Gasteiger partial charge is 0.508 e. The highest BCUT2D eigenvalue weighted by Gasteiger charge is 2.40. The monoisotopic (exact) mass is 804 g/mol. The van der Waals surface area contributed by atoms with Gasteiger partial charge in [0.05, 0.1) is 14.2 Å². The summed E-state index contributed by atoms with van der Waals surface area (Å²) in [7, 11) is 9.21. The van der Waals surface area contributed by atoms with Gasteiger partial charge in [0.25, 0.3) is 5.91 Å². The smallest absolute Gasteiger partial charge is 0.328 e. The maximum Gasteiger partial charge on any atom is 0.328 e. The third-order valence-electron chi connectivity index (χ3n) is 10.5. The normalized spacial score (nSPS) is 14.3. The van der Waals surface area contributed by atoms with E-state index < -0.39 is 71.8 Å². The van der Waals surface area contributed by atoms with Gasteiger partial charge in [-0.15, -0.1) is 0 Å². The first-order chi connectivity index (χ1) is 27.4. The minimum Gasteiger partial charge on any atom is -0.508 e. The van der Waals surface area contributed by atoms with Crippen LogP contribution in [-0.4, -0.2) is 127 Å². The number of rotatable bonds is 20. The molecule has 316 valence electrons. The summed E-state index contributed by atoms with van der Waals surface area (Å²) in [5.74, 6) is -3.22. The van der Waals surface area contributed by atoms with Crippen molar-refractivity contribution in [2.75, 3.05) is 42.4 Å². The van der Waals surface area contributed by atoms with E-state index in [2.05, 4.69) is 5.32 Å². The molecular formula is C44H60N4O10. The van der Waals surface area contributed by atoms with Gasteiger partial charge in [-0.1, -0.05) is 64.1 Å². The Labute approximate surface area is 342 Å². The number of benzene rings is 3. The molecule has 3 rings (SSSR count). The van der Waals surface area contributed by atoms with Gasteiger partial charge in [-0.25, -0.2) is 4.79 Å². The van der Waals surface area contributed by atoms with Crippen molar-refractivity contribution in [2.45, 2.75) is 83.6 Å². The van der Waals surface area contributed by atoms with Crippen LogP contribution in [0.2, 0.25) is 0 Å². The molecule has 0 aliphatic heterocycles. The second-order valence-corrected chi connectivity index (χ2v) is 15.2. The van der Waals surface area contributed by atoms with Crippen LogP contribution < -0.4 is 10.1 Å². The van der Waals surface area contributed by atoms with E-state index in [0.29, 0.717) is 29.7 Å². The van der Waals surface area contributed by atoms with Crippen molar-refractivity contribution in [3.63, 3.8) is 0 Å². The Hall–Kier alpha value is -5.63. The quantitative estimate of drug-likeness (QED) is 0.141. The van der Waals surface area contributed by atoms with Crippen LogP contribution in [0.5, 0.6) is 17.2 Å². The Morgan fingerprint density at radius 2 is 1.09 bits per heavy atom. The number of hydrogen-bond acceptors (Lipinski definition) is 11. The summed E-state index contributed by atoms with van der Waals surface area (Å²) in [6, 6.07) is 15.6. The molecule has 0 saturated carbocycles. The standard InChI is InChI=1S/C44H60N4O10/c1-11-28(4)39(58-44(55)36(46(5)6)25-31-16-22-34(56-9)23-17-31)40(51)45-38(27(2)3)42(53)47(7)35(24-29-12-18-32(49)19-13-29)41(52)48(8)37(43(54)57-10)26-30-14-20-33(50)21-15-30/h12-23,27-28,35-39,49-50H,11,24-26H2,1-10H3,(H,45,51)/t28-,35?,36-,37-,38+,39+/m0/s1. The van der Waals surface area contributed by atoms with Gasteiger partial charge < -0.3 is 39.5 Å². The van der Waals surface area contributed by atoms with Crippen molar-refractivity contribution in [1.82, 2.24) is 20.0 Å². The van der Waals surface area contributed by atoms with Crippen LogP contribution in [0, 0.1) is 11.8 Å². The average molecular weight is 805 g/mol. The number of nitrogens with one attached hydrogen (secondary N) is 1. The van der Waals surface area contributed by atoms with Crippen molar-refractivity contribution in [3.05, 3.63) is 89.5 Å². The minimum atomic E-state index is -1.23. The molecular weight excluding hydrogens is 745 g/mol. The number of esters is 2. The number of amides is 3. The summed E-state index contributed by atoms with van der Waals surface area (Å²) < 4.78 is 16.3. The van der Waals surface area contributed by atoms with Crippen LogP contribution in [0.15, 0.2) is 72.8 Å². The number of methoxy groups -OCH3 is 2. The molecule has 3 aromatic carbocycles. The molecule has 0 fully saturated rings. The SMILES string of the molecule is CC[C@H](C)[C@@H](OC(=O)[C@H](Cc1ccc(OC)cc1)N(C)C)C(=O)N[C@@H](C(=O)N(C)C(Cc1ccc(O)cc1)C(=O)N(C)[C@@H](Cc1ccc(O)cc1)C(=O)OC)C(C)C. The Morgan fingerprint density at radius 1 is 0.638 bits per heavy atom. The Balaban J connectivity index is 1.92. The molecule has 0 aromatic heterocycles. The van der Waals surface area contributed by atoms with Crippen molar-refractivity contribution in [1.29, 1.82) is 0 Å². The second-order valence-electron chi connectivity index (χ2n) is 15.2. The summed E-state index contributed by atoms with van der Waals surface area (Å²) in [5, 5.41) is 22.6. The van der Waals surface area contributed by atoms with Crippen LogP contribution in [0.25, 0.3) is 0 Å². The number of likely N-dealkylation sites (N-methyl/N-ethyl adjacent to an activating group) is 3. The highest BCUT2D eigenvalue weighted by Crippen LogP contribution is 2.22. The Bertz CT molecular complexity index is 1820. The van der Waals surface area contributed by atoms with Crippen LogP contribution in [0.1, 0.15) is 50.8 Å². The van der Waals surface area contributed by atoms with Gasteiger partial charge in [0, 0.05) is 32.9 Å². The van der Waals surface area contributed by atoms with Crippen LogP contribution in [0.4, 0.5) is 0 Å². The zero-order chi connectivity index (χ0) is 43.3. The summed E-state index contributed by atoms with van der Waals surface area (Å²) >= 11 is 0. The fourth-order valence-corrected chi connectivity index (χ4v) is 6.43. The maximum absolute atomic E-state index is 14.5. The van der Waals surface area contributed by atoms with Gasteiger partial charge in [0.15, 0.2) is 6.10 Å². The van der Waals surface area contributed by atoms with E-state index in [1.165, 1.54) is 55.3 Å². The number of ether oxygens (including phenoxy) is 3. The first-order valence-electron chi connectivity index (χ1n) is 19.4. The van der Waals surface area contributed by atoms with Crippen molar-refractivity contribution < 1.29 is 48.4 Å². The summed E-state index contributed by atoms with van der Waals surface area (Å²) in [6.45, 7) is 7.18. The topological polar surface area (TPSA) is 175 Å². The number of carbonyl (C=O) groups is 5. The molecule has 3 amide bonds. The van der Waals surface area contributed by atoms with Crippen molar-refractivity contribution in [2.24, 2.45) is 11.8 Å². The van der Waals surface area contributed by atoms with Gasteiger partial charge in [-0.3, -0.25) is 24.1 Å². The maximum atomic E-state index is 14.5. The predicted molar refractivity (Wildman–Crippen MR) is 219 cm³/mol. The average Bonchev–Trinajstić information content (AvgIpc) is 3.21. The summed E-state index contributed by atoms with van der Waals surface area (Å²) in [6.07, 6.45) is -0.341. The van der Waals surface area contributed by atoms with Crippen LogP contribution in [-0.2, 0) is 52.7 Å². The number of hydrogen-bond donors (Lipinski definition) is 3. The molecule has 0 spiro atoms. The lowest BCUT2D eigenvalue weighted by Gasteiger charge is -2.36. The Morgan fingerprint density at radius 3 is 1.52 bits per heavy atom. The predicted octanol–water partition coefficient (Wildman–Crippen LogP) is 3.99. The number of nitrogens with zero attached hydrogens (tertiary/aromatic N) is 3. The lowest BCUT2D eigenvalue weighted by molar-refractivity contribution is -0.164. The van der Waals surface area contributed by atoms with E-state index in [1.54, 1.807) is 83.3 Å². The number of carbonyl (C=O) groups excluding carboxylic acids is 5. The van der Waals surface area contributed by atoms with Crippen LogP contribution >= 0.6 is 0 Å². The van der Waals surface area contributed by atoms with Gasteiger partial charge in [-0.05, 0) is 85.9 Å². The van der Waals surface area contributed by atoms with Gasteiger partial charge in [0.2, 0.25) is 11.8 Å². The molecule has 0 aliphatic rings. The fraction of sp³-hybridized carbons (Fsp3) is 0.477. The first kappa shape index (κ1) is 46.8. The van der Waals surface area contributed by atoms with E-state index in [1.807, 2.05) is 19.1 Å². The molecule has 3 N–H and O–H groups in total. The van der Waals surface area contributed by atoms with Gasteiger partial charge in [0.1, 0.15) is 41.4 Å². The molecule has 6 atom stereocenters. The first-order valence-corrected chi connectivity index (χ1v) is 19.4. The van der Waals surface area contributed by atoms with Crippen molar-refractivity contribution in [3.8, 4) is 17.2 Å². The summed E-state index contributed by atoms with van der Waals surface area (Å²) in [5.41, 5.74) is 2.15. The van der Waals surface area contributed by atoms with E-state index in [-0.39, 0.29) is 24.3 Å². The highest BCUT2D eigenvalue weighted by molar-refractivity contribution is 5.95. The van der Waals surface area contributed by atoms with E-state index >= 15 is 0 Å². The zero-order valence-corrected chi connectivity index (χ0v) is 35.3. The Kier molecular flexibility index (Phi) is 17.5. The molecule has 0 bridgehead atoms.